The van der Waals surface area contributed by atoms with Crippen LogP contribution in [0.2, 0.25) is 0 Å². The molecule has 5 rings (SSSR count). The number of hydrogen-bond acceptors (Lipinski definition) is 8. The van der Waals surface area contributed by atoms with Gasteiger partial charge in [0, 0.05) is 19.0 Å². The van der Waals surface area contributed by atoms with Crippen molar-refractivity contribution in [2.75, 3.05) is 17.2 Å². The number of benzene rings is 3. The van der Waals surface area contributed by atoms with Gasteiger partial charge in [-0.3, -0.25) is 0 Å². The quantitative estimate of drug-likeness (QED) is 0.218. The second-order valence-corrected chi connectivity index (χ2v) is 11.5. The number of aromatic nitrogens is 3. The van der Waals surface area contributed by atoms with Crippen molar-refractivity contribution in [2.45, 2.75) is 31.1 Å². The largest absolute Gasteiger partial charge is 0.354 e. The molecule has 2 aromatic heterocycles. The van der Waals surface area contributed by atoms with Gasteiger partial charge in [-0.2, -0.15) is 4.98 Å². The highest BCUT2D eigenvalue weighted by Gasteiger charge is 2.11. The number of sulfonamides is 1. The van der Waals surface area contributed by atoms with Crippen molar-refractivity contribution in [2.24, 2.45) is 5.14 Å². The molecule has 0 atom stereocenters. The van der Waals surface area contributed by atoms with Gasteiger partial charge in [0.2, 0.25) is 16.0 Å². The molecule has 0 unspecified atom stereocenters. The first-order chi connectivity index (χ1) is 18.4. The van der Waals surface area contributed by atoms with Crippen LogP contribution in [0, 0.1) is 0 Å². The van der Waals surface area contributed by atoms with Crippen molar-refractivity contribution in [1.82, 2.24) is 15.0 Å². The van der Waals surface area contributed by atoms with Gasteiger partial charge in [-0.1, -0.05) is 66.8 Å². The summed E-state index contributed by atoms with van der Waals surface area (Å²) in [5.41, 5.74) is 5.25. The van der Waals surface area contributed by atoms with Crippen molar-refractivity contribution in [3.05, 3.63) is 101 Å². The topological polar surface area (TPSA) is 123 Å². The van der Waals surface area contributed by atoms with Crippen LogP contribution >= 0.6 is 11.3 Å². The van der Waals surface area contributed by atoms with Gasteiger partial charge in [-0.15, -0.1) is 0 Å². The smallest absolute Gasteiger partial charge is 0.238 e. The van der Waals surface area contributed by atoms with Gasteiger partial charge in [0.05, 0.1) is 20.8 Å². The fourth-order valence-corrected chi connectivity index (χ4v) is 5.50. The number of nitrogens with zero attached hydrogens (tertiary/aromatic N) is 3. The van der Waals surface area contributed by atoms with Gasteiger partial charge in [-0.05, 0) is 53.8 Å². The summed E-state index contributed by atoms with van der Waals surface area (Å²) in [6.07, 6.45) is 2.32. The third-order valence-corrected chi connectivity index (χ3v) is 7.91. The minimum Gasteiger partial charge on any atom is -0.354 e. The fourth-order valence-electron chi connectivity index (χ4n) is 4.05. The Bertz CT molecular complexity index is 1650. The predicted molar refractivity (Wildman–Crippen MR) is 154 cm³/mol. The number of aryl methyl sites for hydroxylation is 1. The number of nitrogens with one attached hydrogen (secondary N) is 2. The van der Waals surface area contributed by atoms with Crippen LogP contribution in [0.4, 0.5) is 16.9 Å². The molecule has 0 radical (unpaired) electrons. The molecule has 0 fully saturated rings. The zero-order valence-corrected chi connectivity index (χ0v) is 22.5. The Kier molecular flexibility index (Phi) is 7.64. The minimum atomic E-state index is -3.70. The van der Waals surface area contributed by atoms with Gasteiger partial charge in [0.25, 0.3) is 0 Å². The van der Waals surface area contributed by atoms with E-state index in [1.54, 1.807) is 23.5 Å². The van der Waals surface area contributed by atoms with E-state index in [9.17, 15) is 8.42 Å². The highest BCUT2D eigenvalue weighted by Crippen LogP contribution is 2.29. The number of thiazole rings is 1. The third-order valence-electron chi connectivity index (χ3n) is 6.05. The minimum absolute atomic E-state index is 0.0997. The molecule has 0 saturated carbocycles. The van der Waals surface area contributed by atoms with Crippen LogP contribution < -0.4 is 15.8 Å². The summed E-state index contributed by atoms with van der Waals surface area (Å²) < 4.78 is 24.1. The van der Waals surface area contributed by atoms with E-state index >= 15 is 0 Å². The number of rotatable bonds is 10. The lowest BCUT2D eigenvalue weighted by molar-refractivity contribution is 0.598. The molecule has 0 bridgehead atoms. The van der Waals surface area contributed by atoms with Crippen LogP contribution in [-0.4, -0.2) is 29.9 Å². The molecule has 0 amide bonds. The third kappa shape index (κ3) is 6.52. The number of hydrogen-bond donors (Lipinski definition) is 3. The van der Waals surface area contributed by atoms with Crippen LogP contribution in [0.5, 0.6) is 0 Å². The van der Waals surface area contributed by atoms with Crippen LogP contribution in [0.25, 0.3) is 10.2 Å². The zero-order valence-electron chi connectivity index (χ0n) is 20.9. The maximum Gasteiger partial charge on any atom is 0.238 e. The number of nitrogens with two attached hydrogens (primary N) is 1. The van der Waals surface area contributed by atoms with Gasteiger partial charge in [0.1, 0.15) is 5.82 Å². The molecule has 3 aromatic carbocycles. The molecule has 2 heterocycles. The maximum absolute atomic E-state index is 11.5. The van der Waals surface area contributed by atoms with E-state index in [1.165, 1.54) is 17.7 Å². The number of anilines is 3. The van der Waals surface area contributed by atoms with Crippen LogP contribution in [-0.2, 0) is 29.3 Å². The lowest BCUT2D eigenvalue weighted by Crippen LogP contribution is -2.12. The van der Waals surface area contributed by atoms with Gasteiger partial charge < -0.3 is 10.6 Å². The highest BCUT2D eigenvalue weighted by atomic mass is 32.2. The second-order valence-electron chi connectivity index (χ2n) is 8.90. The van der Waals surface area contributed by atoms with Crippen molar-refractivity contribution in [3.63, 3.8) is 0 Å². The molecule has 194 valence electrons. The molecule has 0 aliphatic heterocycles. The summed E-state index contributed by atoms with van der Waals surface area (Å²) in [7, 11) is -3.70. The van der Waals surface area contributed by atoms with E-state index in [1.807, 2.05) is 24.3 Å². The number of fused-ring (bicyclic) bond motifs is 1. The zero-order chi connectivity index (χ0) is 26.5. The van der Waals surface area contributed by atoms with Gasteiger partial charge >= 0.3 is 0 Å². The molecule has 10 heteroatoms. The normalized spacial score (nSPS) is 11.5. The summed E-state index contributed by atoms with van der Waals surface area (Å²) in [5, 5.41) is 12.6. The first kappa shape index (κ1) is 25.8. The molecule has 0 aliphatic carbocycles. The summed E-state index contributed by atoms with van der Waals surface area (Å²) in [5.74, 6) is 1.18. The first-order valence-corrected chi connectivity index (χ1v) is 14.7. The number of primary sulfonamides is 1. The molecule has 4 N–H and O–H groups in total. The SMILES string of the molecule is CCc1ccc2nc(Nc3cc(Cc4ccccc4)nc(NCCc4ccc(S(N)(=O)=O)cc4)n3)sc2c1. The van der Waals surface area contributed by atoms with Crippen molar-refractivity contribution in [3.8, 4) is 0 Å². The monoisotopic (exact) mass is 544 g/mol. The van der Waals surface area contributed by atoms with E-state index in [4.69, 9.17) is 15.1 Å². The Morgan fingerprint density at radius 3 is 2.37 bits per heavy atom. The van der Waals surface area contributed by atoms with Crippen LogP contribution in [0.3, 0.4) is 0 Å². The summed E-state index contributed by atoms with van der Waals surface area (Å²) in [6.45, 7) is 2.72. The predicted octanol–water partition coefficient (Wildman–Crippen LogP) is 5.29. The van der Waals surface area contributed by atoms with E-state index in [0.717, 1.165) is 38.6 Å². The fraction of sp³-hybridized carbons (Fsp3) is 0.179. The Labute approximate surface area is 226 Å². The first-order valence-electron chi connectivity index (χ1n) is 12.3. The van der Waals surface area contributed by atoms with Crippen molar-refractivity contribution in [1.29, 1.82) is 0 Å². The second kappa shape index (κ2) is 11.3. The van der Waals surface area contributed by atoms with E-state index < -0.39 is 10.0 Å². The molecular formula is C28H28N6O2S2. The molecule has 8 nitrogen and oxygen atoms in total. The summed E-state index contributed by atoms with van der Waals surface area (Å²) in [6, 6.07) is 25.0. The highest BCUT2D eigenvalue weighted by molar-refractivity contribution is 7.89. The molecule has 0 aliphatic rings. The summed E-state index contributed by atoms with van der Waals surface area (Å²) >= 11 is 1.60. The Hall–Kier alpha value is -3.86. The van der Waals surface area contributed by atoms with Crippen molar-refractivity contribution < 1.29 is 8.42 Å². The van der Waals surface area contributed by atoms with E-state index in [-0.39, 0.29) is 4.90 Å². The lowest BCUT2D eigenvalue weighted by Gasteiger charge is -2.11. The van der Waals surface area contributed by atoms with Crippen LogP contribution in [0.15, 0.2) is 83.8 Å². The standard InChI is InChI=1S/C28H28N6O2S2/c1-2-19-10-13-24-25(17-19)37-28(32-24)34-26-18-22(16-21-6-4-3-5-7-21)31-27(33-26)30-15-14-20-8-11-23(12-9-20)38(29,35)36/h3-13,17-18H,2,14-16H2,1H3,(H2,29,35,36)(H2,30,31,32,33,34). The molecule has 0 saturated heterocycles. The van der Waals surface area contributed by atoms with E-state index in [0.29, 0.717) is 31.2 Å². The Balaban J connectivity index is 1.34. The molecule has 0 spiro atoms. The Morgan fingerprint density at radius 1 is 0.868 bits per heavy atom. The average Bonchev–Trinajstić information content (AvgIpc) is 3.30. The average molecular weight is 545 g/mol. The maximum atomic E-state index is 11.5. The molecule has 38 heavy (non-hydrogen) atoms. The van der Waals surface area contributed by atoms with Crippen LogP contribution in [0.1, 0.15) is 29.3 Å². The molecular weight excluding hydrogens is 516 g/mol. The van der Waals surface area contributed by atoms with Gasteiger partial charge in [0.15, 0.2) is 5.13 Å². The Morgan fingerprint density at radius 2 is 1.63 bits per heavy atom. The van der Waals surface area contributed by atoms with E-state index in [2.05, 4.69) is 52.9 Å². The van der Waals surface area contributed by atoms with Gasteiger partial charge in [-0.25, -0.2) is 23.5 Å². The lowest BCUT2D eigenvalue weighted by atomic mass is 10.1. The van der Waals surface area contributed by atoms with Crippen molar-refractivity contribution >= 4 is 48.5 Å². The molecule has 5 aromatic rings. The summed E-state index contributed by atoms with van der Waals surface area (Å²) in [4.78, 5) is 14.3.